The van der Waals surface area contributed by atoms with E-state index >= 15 is 0 Å². The van der Waals surface area contributed by atoms with Gasteiger partial charge in [-0.25, -0.2) is 4.98 Å². The molecule has 0 saturated carbocycles. The van der Waals surface area contributed by atoms with E-state index in [4.69, 9.17) is 9.26 Å². The van der Waals surface area contributed by atoms with Crippen LogP contribution in [0.4, 0.5) is 0 Å². The van der Waals surface area contributed by atoms with Crippen LogP contribution in [0, 0.1) is 6.92 Å². The minimum atomic E-state index is -0.155. The maximum Gasteiger partial charge on any atom is 0.270 e. The predicted molar refractivity (Wildman–Crippen MR) is 107 cm³/mol. The average Bonchev–Trinajstić information content (AvgIpc) is 3.46. The molecule has 152 valence electrons. The van der Waals surface area contributed by atoms with Gasteiger partial charge in [0.15, 0.2) is 5.65 Å². The molecule has 0 bridgehead atoms. The van der Waals surface area contributed by atoms with Gasteiger partial charge in [-0.2, -0.15) is 4.98 Å². The first-order valence-electron chi connectivity index (χ1n) is 9.67. The number of hydrogen-bond donors (Lipinski definition) is 1. The Morgan fingerprint density at radius 3 is 3.10 bits per heavy atom. The lowest BCUT2D eigenvalue weighted by molar-refractivity contribution is 0.0931. The number of aryl methyl sites for hydroxylation is 2. The van der Waals surface area contributed by atoms with E-state index < -0.39 is 0 Å². The van der Waals surface area contributed by atoms with Crippen LogP contribution in [0.1, 0.15) is 45.7 Å². The van der Waals surface area contributed by atoms with Gasteiger partial charge in [-0.15, -0.1) is 0 Å². The number of nitrogens with one attached hydrogen (secondary N) is 1. The van der Waals surface area contributed by atoms with Crippen molar-refractivity contribution in [1.82, 2.24) is 29.8 Å². The topological polar surface area (TPSA) is 107 Å². The molecule has 1 atom stereocenters. The normalized spacial score (nSPS) is 15.5. The Labute approximate surface area is 172 Å². The molecule has 1 aliphatic rings. The minimum absolute atomic E-state index is 0.0515. The highest BCUT2D eigenvalue weighted by atomic mass is 16.5. The Morgan fingerprint density at radius 2 is 2.23 bits per heavy atom. The van der Waals surface area contributed by atoms with E-state index in [0.29, 0.717) is 23.1 Å². The van der Waals surface area contributed by atoms with Crippen molar-refractivity contribution in [1.29, 1.82) is 0 Å². The van der Waals surface area contributed by atoms with Gasteiger partial charge in [-0.1, -0.05) is 17.3 Å². The molecule has 0 radical (unpaired) electrons. The number of ether oxygens (including phenoxy) is 1. The molecule has 1 amide bonds. The van der Waals surface area contributed by atoms with Gasteiger partial charge in [0.25, 0.3) is 11.8 Å². The van der Waals surface area contributed by atoms with Crippen molar-refractivity contribution in [2.24, 2.45) is 0 Å². The fraction of sp³-hybridized carbons (Fsp3) is 0.286. The van der Waals surface area contributed by atoms with Crippen molar-refractivity contribution in [3.05, 3.63) is 65.2 Å². The second-order valence-corrected chi connectivity index (χ2v) is 7.32. The Balaban J connectivity index is 1.36. The molecule has 0 saturated heterocycles. The van der Waals surface area contributed by atoms with Crippen LogP contribution in [-0.4, -0.2) is 37.5 Å². The molecule has 0 spiro atoms. The molecule has 9 heteroatoms. The van der Waals surface area contributed by atoms with E-state index in [2.05, 4.69) is 31.5 Å². The summed E-state index contributed by atoms with van der Waals surface area (Å²) in [4.78, 5) is 25.7. The summed E-state index contributed by atoms with van der Waals surface area (Å²) in [5, 5.41) is 7.16. The Hall–Kier alpha value is -3.59. The lowest BCUT2D eigenvalue weighted by Crippen LogP contribution is -2.28. The Kier molecular flexibility index (Phi) is 4.51. The number of carbonyl (C=O) groups is 1. The van der Waals surface area contributed by atoms with E-state index in [0.717, 1.165) is 29.7 Å². The number of fused-ring (bicyclic) bond motifs is 2. The predicted octanol–water partition coefficient (Wildman–Crippen LogP) is 2.65. The third-order valence-corrected chi connectivity index (χ3v) is 5.28. The fourth-order valence-electron chi connectivity index (χ4n) is 3.85. The van der Waals surface area contributed by atoms with Gasteiger partial charge in [0.1, 0.15) is 12.3 Å². The maximum atomic E-state index is 12.9. The van der Waals surface area contributed by atoms with Crippen LogP contribution in [0.2, 0.25) is 0 Å². The molecule has 3 heterocycles. The van der Waals surface area contributed by atoms with Crippen LogP contribution in [0.5, 0.6) is 0 Å². The van der Waals surface area contributed by atoms with E-state index in [1.54, 1.807) is 23.9 Å². The zero-order valence-corrected chi connectivity index (χ0v) is 16.6. The van der Waals surface area contributed by atoms with Crippen molar-refractivity contribution in [2.75, 3.05) is 7.11 Å². The summed E-state index contributed by atoms with van der Waals surface area (Å²) in [6.07, 6.45) is 6.76. The number of benzene rings is 1. The molecular weight excluding hydrogens is 384 g/mol. The third-order valence-electron chi connectivity index (χ3n) is 5.28. The zero-order valence-electron chi connectivity index (χ0n) is 16.6. The highest BCUT2D eigenvalue weighted by Gasteiger charge is 2.26. The lowest BCUT2D eigenvalue weighted by Gasteiger charge is -2.14. The van der Waals surface area contributed by atoms with Gasteiger partial charge in [0, 0.05) is 18.9 Å². The first-order valence-corrected chi connectivity index (χ1v) is 9.67. The lowest BCUT2D eigenvalue weighted by atomic mass is 10.0. The molecule has 5 rings (SSSR count). The summed E-state index contributed by atoms with van der Waals surface area (Å²) in [6, 6.07) is 5.99. The molecule has 0 unspecified atom stereocenters. The minimum Gasteiger partial charge on any atom is -0.375 e. The summed E-state index contributed by atoms with van der Waals surface area (Å²) in [7, 11) is 1.58. The molecule has 30 heavy (non-hydrogen) atoms. The fourth-order valence-corrected chi connectivity index (χ4v) is 3.85. The summed E-state index contributed by atoms with van der Waals surface area (Å²) >= 11 is 0. The molecule has 9 nitrogen and oxygen atoms in total. The van der Waals surface area contributed by atoms with Crippen LogP contribution in [-0.2, 0) is 17.8 Å². The SMILES string of the molecule is COCc1nc(-c2ccc3c(c2)CC[C@H]3NC(=O)c2cnc3cnc(C)cn23)no1. The third kappa shape index (κ3) is 3.22. The molecule has 1 N–H and O–H groups in total. The molecule has 1 aliphatic carbocycles. The van der Waals surface area contributed by atoms with Crippen LogP contribution in [0.15, 0.2) is 41.3 Å². The van der Waals surface area contributed by atoms with Crippen molar-refractivity contribution < 1.29 is 14.1 Å². The van der Waals surface area contributed by atoms with Crippen molar-refractivity contribution in [3.8, 4) is 11.4 Å². The van der Waals surface area contributed by atoms with Gasteiger partial charge >= 0.3 is 0 Å². The average molecular weight is 404 g/mol. The quantitative estimate of drug-likeness (QED) is 0.545. The van der Waals surface area contributed by atoms with Crippen LogP contribution >= 0.6 is 0 Å². The van der Waals surface area contributed by atoms with Gasteiger partial charge < -0.3 is 14.6 Å². The molecule has 4 aromatic rings. The number of nitrogens with zero attached hydrogens (tertiary/aromatic N) is 5. The first kappa shape index (κ1) is 18.4. The standard InChI is InChI=1S/C21H20N6O3/c1-12-10-27-17(8-23-18(27)9-22-12)21(28)24-16-6-4-13-7-14(3-5-15(13)16)20-25-19(11-29-2)30-26-20/h3,5,7-10,16H,4,6,11H2,1-2H3,(H,24,28)/t16-/m1/s1. The summed E-state index contributed by atoms with van der Waals surface area (Å²) in [5.74, 6) is 0.820. The van der Waals surface area contributed by atoms with E-state index in [-0.39, 0.29) is 18.6 Å². The number of imidazole rings is 1. The zero-order chi connectivity index (χ0) is 20.7. The Morgan fingerprint density at radius 1 is 1.33 bits per heavy atom. The highest BCUT2D eigenvalue weighted by Crippen LogP contribution is 2.34. The Bertz CT molecular complexity index is 1240. The van der Waals surface area contributed by atoms with Gasteiger partial charge in [-0.3, -0.25) is 14.2 Å². The monoisotopic (exact) mass is 404 g/mol. The van der Waals surface area contributed by atoms with E-state index in [1.807, 2.05) is 25.3 Å². The second kappa shape index (κ2) is 7.34. The summed E-state index contributed by atoms with van der Waals surface area (Å²) < 4.78 is 12.0. The van der Waals surface area contributed by atoms with Gasteiger partial charge in [-0.05, 0) is 37.0 Å². The number of rotatable bonds is 5. The van der Waals surface area contributed by atoms with Crippen molar-refractivity contribution >= 4 is 11.6 Å². The first-order chi connectivity index (χ1) is 14.6. The van der Waals surface area contributed by atoms with Crippen LogP contribution in [0.25, 0.3) is 17.0 Å². The number of hydrogen-bond acceptors (Lipinski definition) is 7. The summed E-state index contributed by atoms with van der Waals surface area (Å²) in [5.41, 5.74) is 5.14. The molecular formula is C21H20N6O3. The number of methoxy groups -OCH3 is 1. The molecule has 0 fully saturated rings. The second-order valence-electron chi connectivity index (χ2n) is 7.32. The molecule has 0 aliphatic heterocycles. The number of aromatic nitrogens is 5. The molecule has 1 aromatic carbocycles. The summed E-state index contributed by atoms with van der Waals surface area (Å²) in [6.45, 7) is 2.17. The van der Waals surface area contributed by atoms with Crippen LogP contribution in [0.3, 0.4) is 0 Å². The van der Waals surface area contributed by atoms with Crippen molar-refractivity contribution in [2.45, 2.75) is 32.4 Å². The largest absolute Gasteiger partial charge is 0.375 e. The smallest absolute Gasteiger partial charge is 0.270 e. The maximum absolute atomic E-state index is 12.9. The van der Waals surface area contributed by atoms with Gasteiger partial charge in [0.05, 0.1) is 24.1 Å². The number of carbonyl (C=O) groups excluding carboxylic acids is 1. The van der Waals surface area contributed by atoms with E-state index in [1.165, 1.54) is 5.56 Å². The van der Waals surface area contributed by atoms with Gasteiger partial charge in [0.2, 0.25) is 5.82 Å². The number of amides is 1. The van der Waals surface area contributed by atoms with Crippen LogP contribution < -0.4 is 5.32 Å². The molecule has 3 aromatic heterocycles. The highest BCUT2D eigenvalue weighted by molar-refractivity contribution is 5.93. The van der Waals surface area contributed by atoms with Crippen molar-refractivity contribution in [3.63, 3.8) is 0 Å². The van der Waals surface area contributed by atoms with E-state index in [9.17, 15) is 4.79 Å².